The largest absolute Gasteiger partial charge is 0.465 e. The lowest BCUT2D eigenvalue weighted by molar-refractivity contribution is 0.0557. The molecule has 1 amide bonds. The molecule has 5 nitrogen and oxygen atoms in total. The molecule has 0 radical (unpaired) electrons. The summed E-state index contributed by atoms with van der Waals surface area (Å²) >= 11 is 0. The van der Waals surface area contributed by atoms with E-state index in [9.17, 15) is 4.79 Å². The third-order valence-electron chi connectivity index (χ3n) is 4.03. The second-order valence-corrected chi connectivity index (χ2v) is 5.19. The Morgan fingerprint density at radius 2 is 2.24 bits per heavy atom. The molecule has 1 unspecified atom stereocenters. The topological polar surface area (TPSA) is 55.8 Å². The number of hydrogen-bond donors (Lipinski definition) is 2. The van der Waals surface area contributed by atoms with E-state index in [1.807, 2.05) is 0 Å². The molecular weight excluding hydrogens is 218 g/mol. The van der Waals surface area contributed by atoms with Gasteiger partial charge in [0.05, 0.1) is 0 Å². The van der Waals surface area contributed by atoms with Crippen LogP contribution in [0.4, 0.5) is 4.79 Å². The molecule has 0 bridgehead atoms. The summed E-state index contributed by atoms with van der Waals surface area (Å²) < 4.78 is 0. The Labute approximate surface area is 103 Å². The fourth-order valence-corrected chi connectivity index (χ4v) is 2.76. The van der Waals surface area contributed by atoms with Crippen molar-refractivity contribution < 1.29 is 9.90 Å². The molecule has 0 aliphatic carbocycles. The highest BCUT2D eigenvalue weighted by Crippen LogP contribution is 2.23. The van der Waals surface area contributed by atoms with Gasteiger partial charge in [-0.05, 0) is 25.8 Å². The highest BCUT2D eigenvalue weighted by molar-refractivity contribution is 5.64. The van der Waals surface area contributed by atoms with Gasteiger partial charge in [-0.3, -0.25) is 4.90 Å². The Kier molecular flexibility index (Phi) is 4.23. The van der Waals surface area contributed by atoms with Gasteiger partial charge in [0.2, 0.25) is 0 Å². The third kappa shape index (κ3) is 3.10. The molecule has 2 fully saturated rings. The molecule has 2 rings (SSSR count). The van der Waals surface area contributed by atoms with Crippen molar-refractivity contribution in [1.82, 2.24) is 15.1 Å². The third-order valence-corrected chi connectivity index (χ3v) is 4.03. The summed E-state index contributed by atoms with van der Waals surface area (Å²) in [5.74, 6) is 0. The minimum atomic E-state index is -0.822. The maximum atomic E-state index is 10.8. The number of piperidine rings is 1. The highest BCUT2D eigenvalue weighted by atomic mass is 16.4. The summed E-state index contributed by atoms with van der Waals surface area (Å²) in [7, 11) is 1.65. The lowest BCUT2D eigenvalue weighted by Gasteiger charge is -2.45. The van der Waals surface area contributed by atoms with E-state index in [1.54, 1.807) is 7.05 Å². The molecule has 0 saturated carbocycles. The first-order valence-corrected chi connectivity index (χ1v) is 6.59. The monoisotopic (exact) mass is 241 g/mol. The summed E-state index contributed by atoms with van der Waals surface area (Å²) in [5, 5.41) is 12.2. The number of rotatable bonds is 4. The van der Waals surface area contributed by atoms with Crippen LogP contribution in [-0.4, -0.2) is 66.3 Å². The first kappa shape index (κ1) is 12.6. The predicted molar refractivity (Wildman–Crippen MR) is 66.3 cm³/mol. The van der Waals surface area contributed by atoms with Crippen molar-refractivity contribution in [3.63, 3.8) is 0 Å². The molecular formula is C12H23N3O2. The number of carboxylic acid groups (broad SMARTS) is 1. The summed E-state index contributed by atoms with van der Waals surface area (Å²) in [6.07, 6.45) is 3.96. The molecule has 2 saturated heterocycles. The number of hydrogen-bond acceptors (Lipinski definition) is 3. The molecule has 0 aromatic carbocycles. The van der Waals surface area contributed by atoms with Gasteiger partial charge < -0.3 is 15.3 Å². The first-order valence-electron chi connectivity index (χ1n) is 6.59. The van der Waals surface area contributed by atoms with Crippen molar-refractivity contribution in [2.24, 2.45) is 0 Å². The van der Waals surface area contributed by atoms with Crippen LogP contribution < -0.4 is 5.32 Å². The Hall–Kier alpha value is -0.810. The van der Waals surface area contributed by atoms with Crippen molar-refractivity contribution in [3.8, 4) is 0 Å². The van der Waals surface area contributed by atoms with Gasteiger partial charge in [0, 0.05) is 38.8 Å². The second-order valence-electron chi connectivity index (χ2n) is 5.19. The molecule has 17 heavy (non-hydrogen) atoms. The molecule has 5 heteroatoms. The highest BCUT2D eigenvalue weighted by Gasteiger charge is 2.32. The van der Waals surface area contributed by atoms with Gasteiger partial charge in [0.25, 0.3) is 0 Å². The van der Waals surface area contributed by atoms with Crippen LogP contribution in [0.25, 0.3) is 0 Å². The zero-order chi connectivity index (χ0) is 12.3. The van der Waals surface area contributed by atoms with E-state index >= 15 is 0 Å². The van der Waals surface area contributed by atoms with Crippen molar-refractivity contribution in [2.45, 2.75) is 37.8 Å². The summed E-state index contributed by atoms with van der Waals surface area (Å²) in [6, 6.07) is 1.27. The van der Waals surface area contributed by atoms with Crippen molar-refractivity contribution in [2.75, 3.05) is 33.2 Å². The van der Waals surface area contributed by atoms with Gasteiger partial charge >= 0.3 is 6.09 Å². The average Bonchev–Trinajstić information content (AvgIpc) is 2.25. The Balaban J connectivity index is 1.81. The maximum absolute atomic E-state index is 10.8. The van der Waals surface area contributed by atoms with Gasteiger partial charge in [-0.25, -0.2) is 4.79 Å². The number of likely N-dealkylation sites (tertiary alicyclic amines) is 1. The van der Waals surface area contributed by atoms with Crippen LogP contribution in [0, 0.1) is 0 Å². The van der Waals surface area contributed by atoms with E-state index in [4.69, 9.17) is 5.11 Å². The lowest BCUT2D eigenvalue weighted by atomic mass is 9.95. The Bertz CT molecular complexity index is 268. The van der Waals surface area contributed by atoms with E-state index in [1.165, 1.54) is 30.7 Å². The number of nitrogens with zero attached hydrogens (tertiary/aromatic N) is 2. The molecule has 2 heterocycles. The standard InChI is InChI=1S/C12H23N3O2/c1-14(12(16)17)7-5-10-4-2-3-6-15(10)11-8-13-9-11/h10-11,13H,2-9H2,1H3,(H,16,17). The minimum Gasteiger partial charge on any atom is -0.465 e. The molecule has 2 aliphatic heterocycles. The van der Waals surface area contributed by atoms with Gasteiger partial charge in [0.1, 0.15) is 0 Å². The van der Waals surface area contributed by atoms with E-state index in [0.717, 1.165) is 19.5 Å². The van der Waals surface area contributed by atoms with Gasteiger partial charge in [-0.1, -0.05) is 6.42 Å². The van der Waals surface area contributed by atoms with Gasteiger partial charge in [-0.2, -0.15) is 0 Å². The molecule has 2 N–H and O–H groups in total. The van der Waals surface area contributed by atoms with E-state index in [0.29, 0.717) is 18.6 Å². The van der Waals surface area contributed by atoms with Crippen LogP contribution in [0.15, 0.2) is 0 Å². The van der Waals surface area contributed by atoms with Crippen LogP contribution in [-0.2, 0) is 0 Å². The van der Waals surface area contributed by atoms with Gasteiger partial charge in [-0.15, -0.1) is 0 Å². The van der Waals surface area contributed by atoms with Crippen LogP contribution >= 0.6 is 0 Å². The number of nitrogens with one attached hydrogen (secondary N) is 1. The maximum Gasteiger partial charge on any atom is 0.407 e. The molecule has 0 aromatic heterocycles. The van der Waals surface area contributed by atoms with Crippen molar-refractivity contribution in [1.29, 1.82) is 0 Å². The van der Waals surface area contributed by atoms with E-state index < -0.39 is 6.09 Å². The van der Waals surface area contributed by atoms with Crippen LogP contribution in [0.1, 0.15) is 25.7 Å². The van der Waals surface area contributed by atoms with Crippen molar-refractivity contribution in [3.05, 3.63) is 0 Å². The molecule has 1 atom stereocenters. The molecule has 2 aliphatic rings. The predicted octanol–water partition coefficient (Wildman–Crippen LogP) is 0.813. The second kappa shape index (κ2) is 5.69. The first-order chi connectivity index (χ1) is 8.18. The zero-order valence-electron chi connectivity index (χ0n) is 10.6. The van der Waals surface area contributed by atoms with Crippen LogP contribution in [0.5, 0.6) is 0 Å². The number of carbonyl (C=O) groups is 1. The van der Waals surface area contributed by atoms with Crippen LogP contribution in [0.3, 0.4) is 0 Å². The quantitative estimate of drug-likeness (QED) is 0.765. The summed E-state index contributed by atoms with van der Waals surface area (Å²) in [5.41, 5.74) is 0. The number of amides is 1. The minimum absolute atomic E-state index is 0.581. The SMILES string of the molecule is CN(CCC1CCCCN1C1CNC1)C(=O)O. The normalized spacial score (nSPS) is 26.5. The Morgan fingerprint density at radius 3 is 2.82 bits per heavy atom. The smallest absolute Gasteiger partial charge is 0.407 e. The lowest BCUT2D eigenvalue weighted by Crippen LogP contribution is -2.61. The molecule has 0 aromatic rings. The molecule has 98 valence electrons. The van der Waals surface area contributed by atoms with E-state index in [-0.39, 0.29) is 0 Å². The zero-order valence-corrected chi connectivity index (χ0v) is 10.6. The average molecular weight is 241 g/mol. The fraction of sp³-hybridized carbons (Fsp3) is 0.917. The summed E-state index contributed by atoms with van der Waals surface area (Å²) in [6.45, 7) is 4.04. The Morgan fingerprint density at radius 1 is 1.47 bits per heavy atom. The van der Waals surface area contributed by atoms with Gasteiger partial charge in [0.15, 0.2) is 0 Å². The fourth-order valence-electron chi connectivity index (χ4n) is 2.76. The van der Waals surface area contributed by atoms with Crippen LogP contribution in [0.2, 0.25) is 0 Å². The summed E-state index contributed by atoms with van der Waals surface area (Å²) in [4.78, 5) is 14.7. The van der Waals surface area contributed by atoms with E-state index in [2.05, 4.69) is 10.2 Å². The van der Waals surface area contributed by atoms with Crippen molar-refractivity contribution >= 4 is 6.09 Å². The molecule has 0 spiro atoms.